The first-order valence-corrected chi connectivity index (χ1v) is 8.65. The lowest BCUT2D eigenvalue weighted by molar-refractivity contribution is 0.0679. The van der Waals surface area contributed by atoms with Gasteiger partial charge in [0, 0.05) is 37.7 Å². The minimum Gasteiger partial charge on any atom is -0.477 e. The van der Waals surface area contributed by atoms with E-state index in [1.54, 1.807) is 18.5 Å². The molecular weight excluding hydrogens is 304 g/mol. The maximum atomic E-state index is 12.7. The van der Waals surface area contributed by atoms with E-state index in [0.717, 1.165) is 32.5 Å². The van der Waals surface area contributed by atoms with Gasteiger partial charge in [-0.3, -0.25) is 4.79 Å². The van der Waals surface area contributed by atoms with E-state index < -0.39 is 0 Å². The topological polar surface area (TPSA) is 60.2 Å². The van der Waals surface area contributed by atoms with E-state index in [9.17, 15) is 4.79 Å². The Bertz CT molecular complexity index is 680. The number of likely N-dealkylation sites (tertiary alicyclic amines) is 1. The third-order valence-electron chi connectivity index (χ3n) is 4.78. The molecule has 0 spiro atoms. The van der Waals surface area contributed by atoms with Gasteiger partial charge in [0.2, 0.25) is 5.88 Å². The molecule has 1 saturated carbocycles. The summed E-state index contributed by atoms with van der Waals surface area (Å²) < 4.78 is 7.72. The fourth-order valence-electron chi connectivity index (χ4n) is 3.13. The summed E-state index contributed by atoms with van der Waals surface area (Å²) >= 11 is 0. The lowest BCUT2D eigenvalue weighted by atomic mass is 10.0. The van der Waals surface area contributed by atoms with Crippen LogP contribution in [-0.4, -0.2) is 45.0 Å². The van der Waals surface area contributed by atoms with Gasteiger partial charge >= 0.3 is 0 Å². The molecule has 6 nitrogen and oxygen atoms in total. The molecule has 6 heteroatoms. The molecule has 0 radical (unpaired) electrons. The van der Waals surface area contributed by atoms with Crippen LogP contribution in [0.2, 0.25) is 0 Å². The molecule has 1 amide bonds. The fraction of sp³-hybridized carbons (Fsp3) is 0.500. The Kier molecular flexibility index (Phi) is 4.19. The van der Waals surface area contributed by atoms with Crippen molar-refractivity contribution in [2.45, 2.75) is 31.7 Å². The largest absolute Gasteiger partial charge is 0.477 e. The van der Waals surface area contributed by atoms with Crippen LogP contribution in [-0.2, 0) is 0 Å². The SMILES string of the molecule is O=C(c1ccc(OCC2CC2)nc1)N1CCC[C@@H](n2ccnc2)C1. The van der Waals surface area contributed by atoms with Gasteiger partial charge in [0.1, 0.15) is 0 Å². The standard InChI is InChI=1S/C18H22N4O2/c23-18(15-5-6-17(20-10-15)24-12-14-3-4-14)21-8-1-2-16(11-21)22-9-7-19-13-22/h5-7,9-10,13-14,16H,1-4,8,11-12H2/t16-/m1/s1. The number of aromatic nitrogens is 3. The second-order valence-electron chi connectivity index (χ2n) is 6.70. The summed E-state index contributed by atoms with van der Waals surface area (Å²) in [5.41, 5.74) is 0.625. The van der Waals surface area contributed by atoms with Crippen molar-refractivity contribution in [1.29, 1.82) is 0 Å². The van der Waals surface area contributed by atoms with Crippen LogP contribution in [0.4, 0.5) is 0 Å². The van der Waals surface area contributed by atoms with Crippen LogP contribution in [0, 0.1) is 5.92 Å². The molecule has 1 saturated heterocycles. The van der Waals surface area contributed by atoms with Crippen molar-refractivity contribution in [2.24, 2.45) is 5.92 Å². The number of piperidine rings is 1. The first-order chi connectivity index (χ1) is 11.8. The highest BCUT2D eigenvalue weighted by molar-refractivity contribution is 5.94. The first kappa shape index (κ1) is 15.2. The average molecular weight is 326 g/mol. The number of ether oxygens (including phenoxy) is 1. The molecule has 1 aliphatic carbocycles. The van der Waals surface area contributed by atoms with E-state index in [-0.39, 0.29) is 5.91 Å². The summed E-state index contributed by atoms with van der Waals surface area (Å²) in [4.78, 5) is 23.0. The number of imidazole rings is 1. The van der Waals surface area contributed by atoms with E-state index in [1.807, 2.05) is 23.5 Å². The minimum absolute atomic E-state index is 0.0426. The van der Waals surface area contributed by atoms with E-state index in [1.165, 1.54) is 12.8 Å². The third kappa shape index (κ3) is 3.42. The summed E-state index contributed by atoms with van der Waals surface area (Å²) in [5.74, 6) is 1.34. The Morgan fingerprint density at radius 1 is 1.29 bits per heavy atom. The molecule has 0 N–H and O–H groups in total. The van der Waals surface area contributed by atoms with Crippen LogP contribution in [0.1, 0.15) is 42.1 Å². The summed E-state index contributed by atoms with van der Waals surface area (Å²) in [7, 11) is 0. The predicted molar refractivity (Wildman–Crippen MR) is 88.9 cm³/mol. The number of pyridine rings is 1. The van der Waals surface area contributed by atoms with Gasteiger partial charge in [-0.2, -0.15) is 0 Å². The highest BCUT2D eigenvalue weighted by Gasteiger charge is 2.26. The van der Waals surface area contributed by atoms with E-state index >= 15 is 0 Å². The lowest BCUT2D eigenvalue weighted by Crippen LogP contribution is -2.40. The second-order valence-corrected chi connectivity index (χ2v) is 6.70. The molecule has 1 atom stereocenters. The van der Waals surface area contributed by atoms with Gasteiger partial charge in [-0.15, -0.1) is 0 Å². The molecule has 0 bridgehead atoms. The molecular formula is C18H22N4O2. The fourth-order valence-corrected chi connectivity index (χ4v) is 3.13. The molecule has 24 heavy (non-hydrogen) atoms. The zero-order valence-electron chi connectivity index (χ0n) is 13.7. The quantitative estimate of drug-likeness (QED) is 0.847. The van der Waals surface area contributed by atoms with Crippen molar-refractivity contribution in [3.8, 4) is 5.88 Å². The summed E-state index contributed by atoms with van der Waals surface area (Å²) in [5, 5.41) is 0. The van der Waals surface area contributed by atoms with Crippen LogP contribution in [0.25, 0.3) is 0 Å². The molecule has 3 heterocycles. The van der Waals surface area contributed by atoms with Gasteiger partial charge in [0.05, 0.1) is 24.5 Å². The highest BCUT2D eigenvalue weighted by Crippen LogP contribution is 2.29. The molecule has 4 rings (SSSR count). The maximum Gasteiger partial charge on any atom is 0.255 e. The summed E-state index contributed by atoms with van der Waals surface area (Å²) in [6, 6.07) is 3.92. The van der Waals surface area contributed by atoms with Crippen LogP contribution in [0.5, 0.6) is 5.88 Å². The molecule has 2 aromatic heterocycles. The van der Waals surface area contributed by atoms with Crippen molar-refractivity contribution >= 4 is 5.91 Å². The van der Waals surface area contributed by atoms with Gasteiger partial charge in [-0.05, 0) is 37.7 Å². The van der Waals surface area contributed by atoms with E-state index in [0.29, 0.717) is 23.4 Å². The van der Waals surface area contributed by atoms with Crippen LogP contribution < -0.4 is 4.74 Å². The monoisotopic (exact) mass is 326 g/mol. The number of carbonyl (C=O) groups excluding carboxylic acids is 1. The van der Waals surface area contributed by atoms with Gasteiger partial charge in [-0.25, -0.2) is 9.97 Å². The first-order valence-electron chi connectivity index (χ1n) is 8.65. The number of carbonyl (C=O) groups is 1. The Hall–Kier alpha value is -2.37. The zero-order chi connectivity index (χ0) is 16.4. The van der Waals surface area contributed by atoms with E-state index in [2.05, 4.69) is 14.5 Å². The minimum atomic E-state index is 0.0426. The number of nitrogens with zero attached hydrogens (tertiary/aromatic N) is 4. The zero-order valence-corrected chi connectivity index (χ0v) is 13.7. The highest BCUT2D eigenvalue weighted by atomic mass is 16.5. The molecule has 0 aromatic carbocycles. The van der Waals surface area contributed by atoms with Crippen molar-refractivity contribution in [2.75, 3.05) is 19.7 Å². The molecule has 2 fully saturated rings. The van der Waals surface area contributed by atoms with Gasteiger partial charge < -0.3 is 14.2 Å². The second kappa shape index (κ2) is 6.63. The van der Waals surface area contributed by atoms with Gasteiger partial charge in [0.15, 0.2) is 0 Å². The molecule has 2 aliphatic rings. The van der Waals surface area contributed by atoms with E-state index in [4.69, 9.17) is 4.74 Å². The lowest BCUT2D eigenvalue weighted by Gasteiger charge is -2.33. The normalized spacial score (nSPS) is 20.8. The van der Waals surface area contributed by atoms with Gasteiger partial charge in [-0.1, -0.05) is 0 Å². The number of amides is 1. The van der Waals surface area contributed by atoms with Crippen LogP contribution in [0.3, 0.4) is 0 Å². The predicted octanol–water partition coefficient (Wildman–Crippen LogP) is 2.54. The molecule has 126 valence electrons. The molecule has 0 unspecified atom stereocenters. The number of rotatable bonds is 5. The summed E-state index contributed by atoms with van der Waals surface area (Å²) in [6.45, 7) is 2.25. The Morgan fingerprint density at radius 3 is 2.92 bits per heavy atom. The Labute approximate surface area is 141 Å². The maximum absolute atomic E-state index is 12.7. The average Bonchev–Trinajstić information content (AvgIpc) is 3.30. The Balaban J connectivity index is 1.38. The van der Waals surface area contributed by atoms with Crippen molar-refractivity contribution in [3.63, 3.8) is 0 Å². The number of hydrogen-bond acceptors (Lipinski definition) is 4. The number of hydrogen-bond donors (Lipinski definition) is 0. The molecule has 1 aliphatic heterocycles. The third-order valence-corrected chi connectivity index (χ3v) is 4.78. The van der Waals surface area contributed by atoms with Gasteiger partial charge in [0.25, 0.3) is 5.91 Å². The molecule has 2 aromatic rings. The van der Waals surface area contributed by atoms with Crippen molar-refractivity contribution in [3.05, 3.63) is 42.6 Å². The smallest absolute Gasteiger partial charge is 0.255 e. The van der Waals surface area contributed by atoms with Crippen LogP contribution >= 0.6 is 0 Å². The van der Waals surface area contributed by atoms with Crippen LogP contribution in [0.15, 0.2) is 37.1 Å². The Morgan fingerprint density at radius 2 is 2.21 bits per heavy atom. The van der Waals surface area contributed by atoms with Crippen molar-refractivity contribution in [1.82, 2.24) is 19.4 Å². The summed E-state index contributed by atoms with van der Waals surface area (Å²) in [6.07, 6.45) is 11.8. The van der Waals surface area contributed by atoms with Crippen molar-refractivity contribution < 1.29 is 9.53 Å².